The third-order valence-corrected chi connectivity index (χ3v) is 11.7. The minimum absolute atomic E-state index is 0.0796. The number of aliphatic hydroxyl groups excluding tert-OH is 2. The SMILES string of the molecule is CC(C)[C@@H]1NC(=O)[C@H](C)[C@@H](O)[C@H](C)[C@@H](O)[C@](C)(O)C[C@@H](C)CN(C)C(=O)C[C@@H](Cc2ccc(NC(=O)[C@H](Cc3ccccc3Cl)NC(=O)Cc3ccccc3)cc2)NC1=O. The first-order valence-corrected chi connectivity index (χ1v) is 21.0. The van der Waals surface area contributed by atoms with Crippen LogP contribution in [-0.2, 0) is 43.2 Å². The summed E-state index contributed by atoms with van der Waals surface area (Å²) in [6, 6.07) is 20.6. The van der Waals surface area contributed by atoms with Crippen molar-refractivity contribution in [2.24, 2.45) is 23.7 Å². The Kier molecular flexibility index (Phi) is 17.2. The maximum atomic E-state index is 13.9. The highest BCUT2D eigenvalue weighted by atomic mass is 35.5. The minimum atomic E-state index is -1.63. The zero-order chi connectivity index (χ0) is 44.3. The van der Waals surface area contributed by atoms with Gasteiger partial charge in [-0.25, -0.2) is 0 Å². The van der Waals surface area contributed by atoms with Crippen LogP contribution < -0.4 is 21.3 Å². The zero-order valence-corrected chi connectivity index (χ0v) is 36.4. The number of carbonyl (C=O) groups excluding carboxylic acids is 5. The van der Waals surface area contributed by atoms with Gasteiger partial charge in [0, 0.05) is 49.1 Å². The standard InChI is InChI=1S/C46H62ClN5O8/c1-27(2)40-45(59)49-35(24-39(54)52(7)26-28(3)25-46(6,60)42(56)29(4)41(55)30(5)43(57)51-40)21-32-17-19-34(20-18-32)48-44(58)37(23-33-15-11-12-16-36(33)47)50-38(53)22-31-13-9-8-10-14-31/h8-20,27-30,35,37,40-42,55-56,60H,21-26H2,1-7H3,(H,48,58)(H,49,59)(H,50,53)(H,51,57)/t28-,29+,30-,35-,37+,40+,41+,42-,46-/m1/s1. The molecule has 60 heavy (non-hydrogen) atoms. The average molecular weight is 848 g/mol. The summed E-state index contributed by atoms with van der Waals surface area (Å²) < 4.78 is 0. The summed E-state index contributed by atoms with van der Waals surface area (Å²) in [7, 11) is 1.64. The van der Waals surface area contributed by atoms with E-state index in [0.717, 1.165) is 11.1 Å². The number of nitrogens with one attached hydrogen (secondary N) is 4. The van der Waals surface area contributed by atoms with Gasteiger partial charge in [0.2, 0.25) is 29.5 Å². The second-order valence-corrected chi connectivity index (χ2v) is 17.5. The molecule has 13 nitrogen and oxygen atoms in total. The summed E-state index contributed by atoms with van der Waals surface area (Å²) in [4.78, 5) is 69.3. The number of halogens is 1. The third-order valence-electron chi connectivity index (χ3n) is 11.3. The summed E-state index contributed by atoms with van der Waals surface area (Å²) in [6.45, 7) is 10.2. The maximum Gasteiger partial charge on any atom is 0.247 e. The van der Waals surface area contributed by atoms with E-state index in [1.807, 2.05) is 43.3 Å². The monoisotopic (exact) mass is 847 g/mol. The van der Waals surface area contributed by atoms with Gasteiger partial charge in [0.15, 0.2) is 0 Å². The Bertz CT molecular complexity index is 1930. The van der Waals surface area contributed by atoms with Gasteiger partial charge in [0.05, 0.1) is 30.1 Å². The largest absolute Gasteiger partial charge is 0.392 e. The number of rotatable bonds is 10. The predicted molar refractivity (Wildman–Crippen MR) is 232 cm³/mol. The molecule has 1 fully saturated rings. The molecule has 1 saturated heterocycles. The number of nitrogens with zero attached hydrogens (tertiary/aromatic N) is 1. The number of hydrogen-bond acceptors (Lipinski definition) is 8. The van der Waals surface area contributed by atoms with Crippen molar-refractivity contribution in [1.82, 2.24) is 20.9 Å². The van der Waals surface area contributed by atoms with Crippen molar-refractivity contribution in [2.45, 2.75) is 110 Å². The molecule has 3 aromatic carbocycles. The van der Waals surface area contributed by atoms with Crippen molar-refractivity contribution in [2.75, 3.05) is 18.9 Å². The van der Waals surface area contributed by atoms with Crippen LogP contribution in [0.25, 0.3) is 0 Å². The summed E-state index contributed by atoms with van der Waals surface area (Å²) in [5, 5.41) is 45.5. The maximum absolute atomic E-state index is 13.9. The second-order valence-electron chi connectivity index (χ2n) is 17.1. The smallest absolute Gasteiger partial charge is 0.247 e. The van der Waals surface area contributed by atoms with Gasteiger partial charge >= 0.3 is 0 Å². The molecule has 0 spiro atoms. The molecular weight excluding hydrogens is 786 g/mol. The van der Waals surface area contributed by atoms with Gasteiger partial charge < -0.3 is 41.5 Å². The summed E-state index contributed by atoms with van der Waals surface area (Å²) in [5.41, 5.74) is 1.08. The van der Waals surface area contributed by atoms with E-state index >= 15 is 0 Å². The van der Waals surface area contributed by atoms with E-state index in [9.17, 15) is 39.3 Å². The van der Waals surface area contributed by atoms with E-state index in [2.05, 4.69) is 21.3 Å². The number of benzene rings is 3. The van der Waals surface area contributed by atoms with Crippen LogP contribution in [-0.4, -0.2) is 99.3 Å². The summed E-state index contributed by atoms with van der Waals surface area (Å²) >= 11 is 6.43. The molecule has 1 aliphatic heterocycles. The Morgan fingerprint density at radius 1 is 0.900 bits per heavy atom. The van der Waals surface area contributed by atoms with Crippen LogP contribution in [0.1, 0.15) is 71.1 Å². The van der Waals surface area contributed by atoms with Crippen molar-refractivity contribution in [3.05, 3.63) is 101 Å². The molecule has 0 bridgehead atoms. The van der Waals surface area contributed by atoms with Gasteiger partial charge in [-0.15, -0.1) is 0 Å². The number of anilines is 1. The summed E-state index contributed by atoms with van der Waals surface area (Å²) in [6.07, 6.45) is -2.20. The molecule has 0 aliphatic carbocycles. The van der Waals surface area contributed by atoms with Gasteiger partial charge in [-0.05, 0) is 66.5 Å². The lowest BCUT2D eigenvalue weighted by Crippen LogP contribution is -2.55. The van der Waals surface area contributed by atoms with E-state index in [0.29, 0.717) is 16.3 Å². The first-order chi connectivity index (χ1) is 28.2. The highest BCUT2D eigenvalue weighted by Crippen LogP contribution is 2.30. The van der Waals surface area contributed by atoms with Gasteiger partial charge in [0.1, 0.15) is 12.1 Å². The van der Waals surface area contributed by atoms with Crippen molar-refractivity contribution >= 4 is 46.8 Å². The lowest BCUT2D eigenvalue weighted by Gasteiger charge is -2.38. The van der Waals surface area contributed by atoms with Crippen molar-refractivity contribution in [3.8, 4) is 0 Å². The molecule has 14 heteroatoms. The Balaban J connectivity index is 1.54. The van der Waals surface area contributed by atoms with Crippen LogP contribution in [0, 0.1) is 23.7 Å². The molecule has 0 radical (unpaired) electrons. The van der Waals surface area contributed by atoms with Gasteiger partial charge in [0.25, 0.3) is 0 Å². The fraction of sp³-hybridized carbons (Fsp3) is 0.500. The first kappa shape index (κ1) is 47.9. The number of amides is 5. The molecular formula is C46H62ClN5O8. The van der Waals surface area contributed by atoms with E-state index in [4.69, 9.17) is 11.6 Å². The van der Waals surface area contributed by atoms with E-state index in [1.165, 1.54) is 18.7 Å². The van der Waals surface area contributed by atoms with Gasteiger partial charge in [-0.3, -0.25) is 24.0 Å². The minimum Gasteiger partial charge on any atom is -0.392 e. The molecule has 0 aromatic heterocycles. The second kappa shape index (κ2) is 21.6. The van der Waals surface area contributed by atoms with Gasteiger partial charge in [-0.2, -0.15) is 0 Å². The molecule has 3 aromatic rings. The fourth-order valence-corrected chi connectivity index (χ4v) is 8.05. The highest BCUT2D eigenvalue weighted by Gasteiger charge is 2.42. The zero-order valence-electron chi connectivity index (χ0n) is 35.7. The topological polar surface area (TPSA) is 197 Å². The quantitative estimate of drug-likeness (QED) is 0.159. The van der Waals surface area contributed by atoms with Crippen LogP contribution in [0.4, 0.5) is 5.69 Å². The van der Waals surface area contributed by atoms with Crippen LogP contribution in [0.3, 0.4) is 0 Å². The van der Waals surface area contributed by atoms with E-state index in [1.54, 1.807) is 70.3 Å². The van der Waals surface area contributed by atoms with Crippen LogP contribution in [0.15, 0.2) is 78.9 Å². The Labute approximate surface area is 358 Å². The lowest BCUT2D eigenvalue weighted by atomic mass is 9.78. The number of carbonyl (C=O) groups is 5. The Hall–Kier alpha value is -4.82. The normalized spacial score (nSPS) is 26.7. The molecule has 4 rings (SSSR count). The van der Waals surface area contributed by atoms with Crippen molar-refractivity contribution in [1.29, 1.82) is 0 Å². The van der Waals surface area contributed by atoms with Gasteiger partial charge in [-0.1, -0.05) is 107 Å². The molecule has 0 saturated carbocycles. The number of aliphatic hydroxyl groups is 3. The van der Waals surface area contributed by atoms with Crippen LogP contribution in [0.5, 0.6) is 0 Å². The molecule has 7 N–H and O–H groups in total. The molecule has 1 aliphatic rings. The fourth-order valence-electron chi connectivity index (χ4n) is 7.83. The molecule has 1 heterocycles. The molecule has 9 atom stereocenters. The molecule has 326 valence electrons. The van der Waals surface area contributed by atoms with E-state index < -0.39 is 65.5 Å². The van der Waals surface area contributed by atoms with E-state index in [-0.39, 0.29) is 62.3 Å². The van der Waals surface area contributed by atoms with Crippen LogP contribution >= 0.6 is 11.6 Å². The Morgan fingerprint density at radius 2 is 1.53 bits per heavy atom. The average Bonchev–Trinajstić information content (AvgIpc) is 3.19. The van der Waals surface area contributed by atoms with Crippen molar-refractivity contribution in [3.63, 3.8) is 0 Å². The molecule has 5 amide bonds. The first-order valence-electron chi connectivity index (χ1n) is 20.6. The van der Waals surface area contributed by atoms with Crippen LogP contribution in [0.2, 0.25) is 5.02 Å². The predicted octanol–water partition coefficient (Wildman–Crippen LogP) is 4.05. The summed E-state index contributed by atoms with van der Waals surface area (Å²) in [5.74, 6) is -4.66. The lowest BCUT2D eigenvalue weighted by molar-refractivity contribution is -0.143. The number of hydrogen-bond donors (Lipinski definition) is 7. The third kappa shape index (κ3) is 13.6. The Morgan fingerprint density at radius 3 is 2.17 bits per heavy atom. The molecule has 0 unspecified atom stereocenters. The highest BCUT2D eigenvalue weighted by molar-refractivity contribution is 6.31. The van der Waals surface area contributed by atoms with Crippen molar-refractivity contribution < 1.29 is 39.3 Å².